The first-order valence-electron chi connectivity index (χ1n) is 8.37. The van der Waals surface area contributed by atoms with E-state index in [9.17, 15) is 9.59 Å². The lowest BCUT2D eigenvalue weighted by atomic mass is 9.81. The maximum Gasteiger partial charge on any atom is 0.253 e. The Morgan fingerprint density at radius 2 is 2.04 bits per heavy atom. The fourth-order valence-electron chi connectivity index (χ4n) is 3.26. The van der Waals surface area contributed by atoms with Crippen LogP contribution in [0.4, 0.5) is 0 Å². The number of carbonyl (C=O) groups excluding carboxylic acids is 2. The van der Waals surface area contributed by atoms with Gasteiger partial charge in [-0.1, -0.05) is 37.6 Å². The predicted molar refractivity (Wildman–Crippen MR) is 92.1 cm³/mol. The highest BCUT2D eigenvalue weighted by Crippen LogP contribution is 2.29. The largest absolute Gasteiger partial charge is 0.353 e. The summed E-state index contributed by atoms with van der Waals surface area (Å²) in [6.07, 6.45) is 4.10. The van der Waals surface area contributed by atoms with E-state index < -0.39 is 0 Å². The van der Waals surface area contributed by atoms with Crippen molar-refractivity contribution in [2.24, 2.45) is 11.8 Å². The lowest BCUT2D eigenvalue weighted by Crippen LogP contribution is -2.44. The molecule has 1 heterocycles. The van der Waals surface area contributed by atoms with Crippen molar-refractivity contribution in [2.45, 2.75) is 26.2 Å². The molecule has 0 saturated carbocycles. The van der Waals surface area contributed by atoms with Gasteiger partial charge in [-0.25, -0.2) is 0 Å². The molecule has 0 aliphatic carbocycles. The first-order chi connectivity index (χ1) is 11.2. The highest BCUT2D eigenvalue weighted by atomic mass is 16.2. The molecular weight excluding hydrogens is 288 g/mol. The minimum Gasteiger partial charge on any atom is -0.353 e. The molecule has 2 atom stereocenters. The summed E-state index contributed by atoms with van der Waals surface area (Å²) in [5, 5.41) is 2.85. The second kappa shape index (κ2) is 8.51. The molecule has 23 heavy (non-hydrogen) atoms. The van der Waals surface area contributed by atoms with Gasteiger partial charge in [0.25, 0.3) is 5.91 Å². The van der Waals surface area contributed by atoms with Crippen LogP contribution in [0.1, 0.15) is 36.5 Å². The summed E-state index contributed by atoms with van der Waals surface area (Å²) in [7, 11) is 0. The Morgan fingerprint density at radius 3 is 2.70 bits per heavy atom. The molecule has 0 aromatic heterocycles. The first-order valence-corrected chi connectivity index (χ1v) is 8.37. The van der Waals surface area contributed by atoms with Crippen LogP contribution in [-0.2, 0) is 4.79 Å². The van der Waals surface area contributed by atoms with Gasteiger partial charge in [-0.3, -0.25) is 9.59 Å². The zero-order chi connectivity index (χ0) is 16.7. The van der Waals surface area contributed by atoms with E-state index in [2.05, 4.69) is 18.8 Å². The van der Waals surface area contributed by atoms with Crippen LogP contribution in [-0.4, -0.2) is 36.3 Å². The fraction of sp³-hybridized carbons (Fsp3) is 0.474. The van der Waals surface area contributed by atoms with E-state index in [-0.39, 0.29) is 11.8 Å². The molecule has 1 aromatic rings. The average molecular weight is 314 g/mol. The Bertz CT molecular complexity index is 542. The molecule has 4 nitrogen and oxygen atoms in total. The molecule has 0 radical (unpaired) electrons. The highest BCUT2D eigenvalue weighted by Gasteiger charge is 2.31. The number of hydrogen-bond acceptors (Lipinski definition) is 2. The SMILES string of the molecule is C=CCNC(=O)C[C@@H]1CCN(C(=O)c2ccccc2)C[C@@H]1CC. The quantitative estimate of drug-likeness (QED) is 0.821. The van der Waals surface area contributed by atoms with Crippen molar-refractivity contribution in [3.05, 3.63) is 48.6 Å². The van der Waals surface area contributed by atoms with Crippen molar-refractivity contribution in [1.82, 2.24) is 10.2 Å². The van der Waals surface area contributed by atoms with E-state index in [1.165, 1.54) is 0 Å². The number of nitrogens with one attached hydrogen (secondary N) is 1. The summed E-state index contributed by atoms with van der Waals surface area (Å²) in [5.74, 6) is 0.908. The van der Waals surface area contributed by atoms with Gasteiger partial charge in [0.2, 0.25) is 5.91 Å². The van der Waals surface area contributed by atoms with Gasteiger partial charge in [-0.15, -0.1) is 6.58 Å². The summed E-state index contributed by atoms with van der Waals surface area (Å²) in [5.41, 5.74) is 0.740. The molecule has 1 N–H and O–H groups in total. The lowest BCUT2D eigenvalue weighted by molar-refractivity contribution is -0.122. The number of hydrogen-bond donors (Lipinski definition) is 1. The van der Waals surface area contributed by atoms with Crippen molar-refractivity contribution in [2.75, 3.05) is 19.6 Å². The van der Waals surface area contributed by atoms with Gasteiger partial charge < -0.3 is 10.2 Å². The van der Waals surface area contributed by atoms with Crippen LogP contribution in [0.25, 0.3) is 0 Å². The van der Waals surface area contributed by atoms with Crippen molar-refractivity contribution in [3.63, 3.8) is 0 Å². The number of likely N-dealkylation sites (tertiary alicyclic amines) is 1. The number of nitrogens with zero attached hydrogens (tertiary/aromatic N) is 1. The van der Waals surface area contributed by atoms with E-state index in [1.54, 1.807) is 6.08 Å². The van der Waals surface area contributed by atoms with E-state index in [0.29, 0.717) is 24.8 Å². The smallest absolute Gasteiger partial charge is 0.253 e. The van der Waals surface area contributed by atoms with Crippen LogP contribution >= 0.6 is 0 Å². The van der Waals surface area contributed by atoms with Gasteiger partial charge in [-0.05, 0) is 30.4 Å². The standard InChI is InChI=1S/C19H26N2O2/c1-3-11-20-18(22)13-17-10-12-21(14-15(17)4-2)19(23)16-8-6-5-7-9-16/h3,5-9,15,17H,1,4,10-14H2,2H3,(H,20,22)/t15-,17-/m0/s1. The normalized spacial score (nSPS) is 20.8. The number of benzene rings is 1. The van der Waals surface area contributed by atoms with Gasteiger partial charge in [-0.2, -0.15) is 0 Å². The topological polar surface area (TPSA) is 49.4 Å². The van der Waals surface area contributed by atoms with E-state index >= 15 is 0 Å². The fourth-order valence-corrected chi connectivity index (χ4v) is 3.26. The second-order valence-electron chi connectivity index (χ2n) is 6.13. The molecular formula is C19H26N2O2. The summed E-state index contributed by atoms with van der Waals surface area (Å²) in [6, 6.07) is 9.42. The third kappa shape index (κ3) is 4.68. The molecule has 124 valence electrons. The van der Waals surface area contributed by atoms with Gasteiger partial charge in [0.15, 0.2) is 0 Å². The van der Waals surface area contributed by atoms with Crippen LogP contribution in [0.3, 0.4) is 0 Å². The highest BCUT2D eigenvalue weighted by molar-refractivity contribution is 5.94. The van der Waals surface area contributed by atoms with Crippen LogP contribution in [0.2, 0.25) is 0 Å². The van der Waals surface area contributed by atoms with Gasteiger partial charge >= 0.3 is 0 Å². The van der Waals surface area contributed by atoms with Crippen molar-refractivity contribution in [1.29, 1.82) is 0 Å². The van der Waals surface area contributed by atoms with Crippen molar-refractivity contribution in [3.8, 4) is 0 Å². The first kappa shape index (κ1) is 17.3. The van der Waals surface area contributed by atoms with Crippen molar-refractivity contribution < 1.29 is 9.59 Å². The third-order valence-corrected chi connectivity index (χ3v) is 4.61. The van der Waals surface area contributed by atoms with Crippen molar-refractivity contribution >= 4 is 11.8 Å². The van der Waals surface area contributed by atoms with Crippen LogP contribution < -0.4 is 5.32 Å². The average Bonchev–Trinajstić information content (AvgIpc) is 2.60. The third-order valence-electron chi connectivity index (χ3n) is 4.61. The molecule has 0 spiro atoms. The minimum atomic E-state index is 0.0798. The van der Waals surface area contributed by atoms with Gasteiger partial charge in [0.05, 0.1) is 0 Å². The van der Waals surface area contributed by atoms with Gasteiger partial charge in [0, 0.05) is 31.6 Å². The summed E-state index contributed by atoms with van der Waals surface area (Å²) in [4.78, 5) is 26.4. The molecule has 1 fully saturated rings. The molecule has 0 unspecified atom stereocenters. The Kier molecular flexibility index (Phi) is 6.39. The molecule has 4 heteroatoms. The molecule has 1 saturated heterocycles. The number of piperidine rings is 1. The Morgan fingerprint density at radius 1 is 1.30 bits per heavy atom. The molecule has 1 aliphatic heterocycles. The van der Waals surface area contributed by atoms with E-state index in [0.717, 1.165) is 31.5 Å². The number of rotatable bonds is 6. The Labute approximate surface area is 138 Å². The summed E-state index contributed by atoms with van der Waals surface area (Å²) >= 11 is 0. The van der Waals surface area contributed by atoms with Gasteiger partial charge in [0.1, 0.15) is 0 Å². The molecule has 2 rings (SSSR count). The van der Waals surface area contributed by atoms with Crippen LogP contribution in [0, 0.1) is 11.8 Å². The zero-order valence-corrected chi connectivity index (χ0v) is 13.8. The molecule has 1 aromatic carbocycles. The molecule has 2 amide bonds. The number of carbonyl (C=O) groups is 2. The Balaban J connectivity index is 1.94. The number of amides is 2. The minimum absolute atomic E-state index is 0.0798. The monoisotopic (exact) mass is 314 g/mol. The molecule has 1 aliphatic rings. The lowest BCUT2D eigenvalue weighted by Gasteiger charge is -2.38. The van der Waals surface area contributed by atoms with E-state index in [4.69, 9.17) is 0 Å². The second-order valence-corrected chi connectivity index (χ2v) is 6.13. The predicted octanol–water partition coefficient (Wildman–Crippen LogP) is 2.87. The Hall–Kier alpha value is -2.10. The molecule has 0 bridgehead atoms. The maximum atomic E-state index is 12.6. The zero-order valence-electron chi connectivity index (χ0n) is 13.8. The summed E-state index contributed by atoms with van der Waals surface area (Å²) < 4.78 is 0. The van der Waals surface area contributed by atoms with Crippen LogP contribution in [0.15, 0.2) is 43.0 Å². The maximum absolute atomic E-state index is 12.6. The van der Waals surface area contributed by atoms with Crippen LogP contribution in [0.5, 0.6) is 0 Å². The van der Waals surface area contributed by atoms with E-state index in [1.807, 2.05) is 35.2 Å². The summed E-state index contributed by atoms with van der Waals surface area (Å²) in [6.45, 7) is 7.72.